The standard InChI is InChI=1S/C6H9I/c1-2-3-4-5-6-7/h2-4H,1,5-6H2/b4-3+. The Labute approximate surface area is 58.4 Å². The molecule has 0 aromatic rings. The van der Waals surface area contributed by atoms with E-state index < -0.39 is 0 Å². The average molecular weight is 208 g/mol. The minimum absolute atomic E-state index is 1.16. The lowest BCUT2D eigenvalue weighted by atomic mass is 10.4. The Bertz CT molecular complexity index is 64.6. The summed E-state index contributed by atoms with van der Waals surface area (Å²) >= 11 is 2.34. The summed E-state index contributed by atoms with van der Waals surface area (Å²) < 4.78 is 1.20. The maximum Gasteiger partial charge on any atom is 0.00300 e. The third-order valence-electron chi connectivity index (χ3n) is 0.548. The van der Waals surface area contributed by atoms with Gasteiger partial charge in [0.1, 0.15) is 0 Å². The van der Waals surface area contributed by atoms with Crippen LogP contribution >= 0.6 is 22.6 Å². The van der Waals surface area contributed by atoms with E-state index in [1.165, 1.54) is 4.43 Å². The van der Waals surface area contributed by atoms with E-state index in [1.54, 1.807) is 6.08 Å². The smallest absolute Gasteiger partial charge is 0.00300 e. The van der Waals surface area contributed by atoms with Gasteiger partial charge in [-0.3, -0.25) is 0 Å². The van der Waals surface area contributed by atoms with Crippen molar-refractivity contribution in [1.82, 2.24) is 0 Å². The molecule has 0 bridgehead atoms. The number of alkyl halides is 1. The van der Waals surface area contributed by atoms with Gasteiger partial charge in [-0.1, -0.05) is 47.4 Å². The molecule has 0 saturated heterocycles. The van der Waals surface area contributed by atoms with Crippen molar-refractivity contribution in [1.29, 1.82) is 0 Å². The molecule has 0 aliphatic rings. The lowest BCUT2D eigenvalue weighted by Crippen LogP contribution is -1.61. The second kappa shape index (κ2) is 6.21. The Balaban J connectivity index is 2.92. The lowest BCUT2D eigenvalue weighted by molar-refractivity contribution is 1.28. The average Bonchev–Trinajstić information content (AvgIpc) is 1.69. The van der Waals surface area contributed by atoms with Crippen molar-refractivity contribution in [2.45, 2.75) is 6.42 Å². The van der Waals surface area contributed by atoms with Crippen molar-refractivity contribution < 1.29 is 0 Å². The molecule has 0 unspecified atom stereocenters. The van der Waals surface area contributed by atoms with Gasteiger partial charge in [0.15, 0.2) is 0 Å². The molecule has 0 N–H and O–H groups in total. The molecule has 0 aromatic carbocycles. The van der Waals surface area contributed by atoms with Crippen LogP contribution in [0.1, 0.15) is 6.42 Å². The van der Waals surface area contributed by atoms with Crippen LogP contribution in [-0.2, 0) is 0 Å². The minimum atomic E-state index is 1.16. The van der Waals surface area contributed by atoms with Crippen LogP contribution in [0.2, 0.25) is 0 Å². The van der Waals surface area contributed by atoms with Gasteiger partial charge in [0.25, 0.3) is 0 Å². The van der Waals surface area contributed by atoms with Crippen LogP contribution in [-0.4, -0.2) is 4.43 Å². The molecular weight excluding hydrogens is 199 g/mol. The fourth-order valence-electron chi connectivity index (χ4n) is 0.255. The fourth-order valence-corrected chi connectivity index (χ4v) is 0.615. The van der Waals surface area contributed by atoms with E-state index in [-0.39, 0.29) is 0 Å². The summed E-state index contributed by atoms with van der Waals surface area (Å²) in [6, 6.07) is 0. The van der Waals surface area contributed by atoms with Gasteiger partial charge < -0.3 is 0 Å². The van der Waals surface area contributed by atoms with Gasteiger partial charge in [-0.05, 0) is 6.42 Å². The fraction of sp³-hybridized carbons (Fsp3) is 0.333. The summed E-state index contributed by atoms with van der Waals surface area (Å²) in [5.41, 5.74) is 0. The normalized spacial score (nSPS) is 9.86. The number of allylic oxidation sites excluding steroid dienone is 3. The molecule has 0 heterocycles. The molecule has 40 valence electrons. The molecule has 0 atom stereocenters. The predicted molar refractivity (Wildman–Crippen MR) is 42.8 cm³/mol. The van der Waals surface area contributed by atoms with E-state index in [9.17, 15) is 0 Å². The molecule has 0 aliphatic carbocycles. The van der Waals surface area contributed by atoms with Crippen LogP contribution in [0.15, 0.2) is 24.8 Å². The summed E-state index contributed by atoms with van der Waals surface area (Å²) in [6.07, 6.45) is 7.04. The third kappa shape index (κ3) is 6.21. The maximum atomic E-state index is 3.54. The van der Waals surface area contributed by atoms with Gasteiger partial charge in [-0.25, -0.2) is 0 Å². The molecule has 7 heavy (non-hydrogen) atoms. The van der Waals surface area contributed by atoms with Gasteiger partial charge in [-0.2, -0.15) is 0 Å². The van der Waals surface area contributed by atoms with Crippen LogP contribution in [0.5, 0.6) is 0 Å². The Morgan fingerprint density at radius 1 is 1.57 bits per heavy atom. The monoisotopic (exact) mass is 208 g/mol. The van der Waals surface area contributed by atoms with E-state index in [0.29, 0.717) is 0 Å². The number of halogens is 1. The zero-order valence-corrected chi connectivity index (χ0v) is 6.39. The highest BCUT2D eigenvalue weighted by Crippen LogP contribution is 1.88. The lowest BCUT2D eigenvalue weighted by Gasteiger charge is -1.75. The molecule has 0 saturated carbocycles. The van der Waals surface area contributed by atoms with Crippen molar-refractivity contribution in [3.63, 3.8) is 0 Å². The molecule has 0 radical (unpaired) electrons. The van der Waals surface area contributed by atoms with Crippen molar-refractivity contribution >= 4 is 22.6 Å². The molecule has 0 aliphatic heterocycles. The van der Waals surface area contributed by atoms with E-state index >= 15 is 0 Å². The first-order chi connectivity index (χ1) is 3.41. The van der Waals surface area contributed by atoms with E-state index in [0.717, 1.165) is 6.42 Å². The van der Waals surface area contributed by atoms with Crippen molar-refractivity contribution in [2.75, 3.05) is 4.43 Å². The summed E-state index contributed by atoms with van der Waals surface area (Å²) in [4.78, 5) is 0. The quantitative estimate of drug-likeness (QED) is 0.379. The van der Waals surface area contributed by atoms with Crippen LogP contribution < -0.4 is 0 Å². The summed E-state index contributed by atoms with van der Waals surface area (Å²) in [5.74, 6) is 0. The third-order valence-corrected chi connectivity index (χ3v) is 1.17. The van der Waals surface area contributed by atoms with Crippen LogP contribution in [0, 0.1) is 0 Å². The van der Waals surface area contributed by atoms with Crippen molar-refractivity contribution in [3.05, 3.63) is 24.8 Å². The molecule has 0 rings (SSSR count). The molecule has 0 fully saturated rings. The first-order valence-corrected chi connectivity index (χ1v) is 3.78. The predicted octanol–water partition coefficient (Wildman–Crippen LogP) is 2.55. The van der Waals surface area contributed by atoms with E-state index in [2.05, 4.69) is 35.2 Å². The molecular formula is C6H9I. The number of hydrogen-bond acceptors (Lipinski definition) is 0. The second-order valence-electron chi connectivity index (χ2n) is 1.14. The maximum absolute atomic E-state index is 3.54. The van der Waals surface area contributed by atoms with E-state index in [4.69, 9.17) is 0 Å². The first kappa shape index (κ1) is 7.21. The second-order valence-corrected chi connectivity index (χ2v) is 2.22. The highest BCUT2D eigenvalue weighted by atomic mass is 127. The molecule has 0 aromatic heterocycles. The minimum Gasteiger partial charge on any atom is -0.0991 e. The Morgan fingerprint density at radius 2 is 2.29 bits per heavy atom. The van der Waals surface area contributed by atoms with Crippen LogP contribution in [0.25, 0.3) is 0 Å². The summed E-state index contributed by atoms with van der Waals surface area (Å²) in [7, 11) is 0. The first-order valence-electron chi connectivity index (χ1n) is 2.25. The topological polar surface area (TPSA) is 0 Å². The van der Waals surface area contributed by atoms with Gasteiger partial charge in [0, 0.05) is 4.43 Å². The Kier molecular flexibility index (Phi) is 6.40. The van der Waals surface area contributed by atoms with Gasteiger partial charge >= 0.3 is 0 Å². The van der Waals surface area contributed by atoms with Gasteiger partial charge in [-0.15, -0.1) is 0 Å². The van der Waals surface area contributed by atoms with Gasteiger partial charge in [0.2, 0.25) is 0 Å². The Morgan fingerprint density at radius 3 is 2.71 bits per heavy atom. The van der Waals surface area contributed by atoms with Crippen LogP contribution in [0.4, 0.5) is 0 Å². The molecule has 0 nitrogen and oxygen atoms in total. The molecule has 1 heteroatoms. The molecule has 0 spiro atoms. The summed E-state index contributed by atoms with van der Waals surface area (Å²) in [5, 5.41) is 0. The zero-order chi connectivity index (χ0) is 5.54. The Hall–Kier alpha value is 0.210. The highest BCUT2D eigenvalue weighted by molar-refractivity contribution is 14.1. The zero-order valence-electron chi connectivity index (χ0n) is 4.23. The van der Waals surface area contributed by atoms with Gasteiger partial charge in [0.05, 0.1) is 0 Å². The van der Waals surface area contributed by atoms with Crippen molar-refractivity contribution in [2.24, 2.45) is 0 Å². The van der Waals surface area contributed by atoms with Crippen molar-refractivity contribution in [3.8, 4) is 0 Å². The number of rotatable bonds is 3. The SMILES string of the molecule is C=C/C=C/CCI. The summed E-state index contributed by atoms with van der Waals surface area (Å²) in [6.45, 7) is 3.54. The molecule has 0 amide bonds. The van der Waals surface area contributed by atoms with E-state index in [1.807, 2.05) is 6.08 Å². The van der Waals surface area contributed by atoms with Crippen LogP contribution in [0.3, 0.4) is 0 Å². The largest absolute Gasteiger partial charge is 0.0991 e. The highest BCUT2D eigenvalue weighted by Gasteiger charge is 1.67. The number of hydrogen-bond donors (Lipinski definition) is 0.